The first-order valence-corrected chi connectivity index (χ1v) is 12.2. The molecule has 0 saturated carbocycles. The van der Waals surface area contributed by atoms with Crippen LogP contribution < -0.4 is 5.32 Å². The van der Waals surface area contributed by atoms with Crippen LogP contribution in [0.3, 0.4) is 0 Å². The highest BCUT2D eigenvalue weighted by atomic mass is 35.5. The number of carbonyl (C=O) groups excluding carboxylic acids is 1. The van der Waals surface area contributed by atoms with Gasteiger partial charge >= 0.3 is 0 Å². The quantitative estimate of drug-likeness (QED) is 0.240. The fraction of sp³-hybridized carbons (Fsp3) is 0.696. The van der Waals surface area contributed by atoms with E-state index >= 15 is 0 Å². The average Bonchev–Trinajstić information content (AvgIpc) is 2.86. The molecule has 3 fully saturated rings. The van der Waals surface area contributed by atoms with Crippen LogP contribution in [0.5, 0.6) is 0 Å². The molecule has 3 aliphatic heterocycles. The molecule has 4 rings (SSSR count). The molecule has 3 aliphatic rings. The summed E-state index contributed by atoms with van der Waals surface area (Å²) in [5.41, 5.74) is 0.965. The number of halogens is 1. The molecular formula is C23H32ClNO12. The number of aliphatic hydroxyl groups excluding tert-OH is 5. The van der Waals surface area contributed by atoms with E-state index < -0.39 is 74.3 Å². The van der Waals surface area contributed by atoms with Crippen molar-refractivity contribution >= 4 is 23.2 Å². The van der Waals surface area contributed by atoms with E-state index in [1.54, 1.807) is 25.1 Å². The van der Waals surface area contributed by atoms with Crippen LogP contribution in [0, 0.1) is 0 Å². The standard InChI is InChI=1S/C23H32ClNO12/c1-9(27)25-13-5-11(3-4-12(13)24)7-33-22-18(30)16(28)20(14(6-26)35-22)37-23-19(31)17(29)21-15(36-23)8-32-10(2)34-21/h3-5,10,14-23,26,28-31H,6-8H2,1-2H3,(H,25,27)/t10?,14-,15-,16-,17-,18-,19-,20-,21-,22-,23-/m1/s1. The normalized spacial score (nSPS) is 40.2. The number of fused-ring (bicyclic) bond motifs is 1. The molecule has 0 aromatic heterocycles. The second-order valence-electron chi connectivity index (χ2n) is 9.14. The highest BCUT2D eigenvalue weighted by Crippen LogP contribution is 2.33. The largest absolute Gasteiger partial charge is 0.394 e. The lowest BCUT2D eigenvalue weighted by atomic mass is 9.96. The van der Waals surface area contributed by atoms with E-state index in [1.165, 1.54) is 6.92 Å². The Hall–Kier alpha value is -1.46. The predicted molar refractivity (Wildman–Crippen MR) is 124 cm³/mol. The third-order valence-electron chi connectivity index (χ3n) is 6.35. The van der Waals surface area contributed by atoms with Gasteiger partial charge in [-0.3, -0.25) is 4.79 Å². The van der Waals surface area contributed by atoms with Gasteiger partial charge in [-0.05, 0) is 24.6 Å². The summed E-state index contributed by atoms with van der Waals surface area (Å²) in [5.74, 6) is -0.306. The monoisotopic (exact) mass is 549 g/mol. The van der Waals surface area contributed by atoms with Gasteiger partial charge in [-0.15, -0.1) is 0 Å². The highest BCUT2D eigenvalue weighted by molar-refractivity contribution is 6.33. The molecule has 14 heteroatoms. The van der Waals surface area contributed by atoms with Gasteiger partial charge < -0.3 is 59.3 Å². The van der Waals surface area contributed by atoms with E-state index in [2.05, 4.69) is 5.32 Å². The summed E-state index contributed by atoms with van der Waals surface area (Å²) in [4.78, 5) is 11.4. The van der Waals surface area contributed by atoms with Crippen molar-refractivity contribution in [3.63, 3.8) is 0 Å². The molecule has 1 unspecified atom stereocenters. The Morgan fingerprint density at radius 1 is 1.08 bits per heavy atom. The van der Waals surface area contributed by atoms with Gasteiger partial charge in [0, 0.05) is 6.92 Å². The molecule has 1 amide bonds. The first-order chi connectivity index (χ1) is 17.6. The third-order valence-corrected chi connectivity index (χ3v) is 6.68. The Bertz CT molecular complexity index is 935. The number of rotatable bonds is 7. The molecule has 3 saturated heterocycles. The maximum Gasteiger partial charge on any atom is 0.221 e. The van der Waals surface area contributed by atoms with Crippen molar-refractivity contribution in [1.82, 2.24) is 0 Å². The van der Waals surface area contributed by atoms with Crippen molar-refractivity contribution in [2.75, 3.05) is 18.5 Å². The van der Waals surface area contributed by atoms with Crippen molar-refractivity contribution in [1.29, 1.82) is 0 Å². The van der Waals surface area contributed by atoms with Crippen molar-refractivity contribution in [3.05, 3.63) is 28.8 Å². The summed E-state index contributed by atoms with van der Waals surface area (Å²) < 4.78 is 33.5. The van der Waals surface area contributed by atoms with Crippen LogP contribution in [0.25, 0.3) is 0 Å². The molecular weight excluding hydrogens is 518 g/mol. The molecule has 0 radical (unpaired) electrons. The fourth-order valence-electron chi connectivity index (χ4n) is 4.45. The Morgan fingerprint density at radius 2 is 1.81 bits per heavy atom. The molecule has 11 atom stereocenters. The van der Waals surface area contributed by atoms with Crippen LogP contribution >= 0.6 is 11.6 Å². The Kier molecular flexibility index (Phi) is 9.38. The number of amides is 1. The number of nitrogens with one attached hydrogen (secondary N) is 1. The Labute approximate surface area is 217 Å². The molecule has 208 valence electrons. The van der Waals surface area contributed by atoms with Crippen LogP contribution in [0.4, 0.5) is 5.69 Å². The average molecular weight is 550 g/mol. The zero-order valence-corrected chi connectivity index (χ0v) is 20.9. The van der Waals surface area contributed by atoms with Crippen LogP contribution in [0.1, 0.15) is 19.4 Å². The topological polar surface area (TPSA) is 186 Å². The zero-order valence-electron chi connectivity index (χ0n) is 20.2. The van der Waals surface area contributed by atoms with Gasteiger partial charge in [0.05, 0.1) is 30.5 Å². The van der Waals surface area contributed by atoms with Crippen molar-refractivity contribution in [3.8, 4) is 0 Å². The minimum Gasteiger partial charge on any atom is -0.394 e. The Morgan fingerprint density at radius 3 is 2.51 bits per heavy atom. The summed E-state index contributed by atoms with van der Waals surface area (Å²) in [6.07, 6.45) is -13.6. The second kappa shape index (κ2) is 12.2. The SMILES string of the molecule is CC(=O)Nc1cc(CO[C@@H]2O[C@H](CO)[C@@H](O[C@H]3O[C@@H]4COC(C)O[C@H]4[C@H](O)[C@H]3O)[C@H](O)[C@H]2O)ccc1Cl. The highest BCUT2D eigenvalue weighted by Gasteiger charge is 2.52. The summed E-state index contributed by atoms with van der Waals surface area (Å²) in [7, 11) is 0. The van der Waals surface area contributed by atoms with Gasteiger partial charge in [0.25, 0.3) is 0 Å². The smallest absolute Gasteiger partial charge is 0.221 e. The number of aliphatic hydroxyl groups is 5. The van der Waals surface area contributed by atoms with Crippen LogP contribution in [0.15, 0.2) is 18.2 Å². The van der Waals surface area contributed by atoms with E-state index in [0.717, 1.165) is 0 Å². The van der Waals surface area contributed by atoms with E-state index in [1.807, 2.05) is 0 Å². The fourth-order valence-corrected chi connectivity index (χ4v) is 4.62. The summed E-state index contributed by atoms with van der Waals surface area (Å²) in [5, 5.41) is 55.3. The van der Waals surface area contributed by atoms with Gasteiger partial charge in [-0.1, -0.05) is 17.7 Å². The van der Waals surface area contributed by atoms with E-state index in [9.17, 15) is 30.3 Å². The summed E-state index contributed by atoms with van der Waals surface area (Å²) in [6.45, 7) is 2.36. The summed E-state index contributed by atoms with van der Waals surface area (Å²) in [6, 6.07) is 4.80. The van der Waals surface area contributed by atoms with Gasteiger partial charge in [0.1, 0.15) is 48.8 Å². The number of anilines is 1. The molecule has 0 aliphatic carbocycles. The van der Waals surface area contributed by atoms with Crippen molar-refractivity contribution in [2.45, 2.75) is 88.2 Å². The molecule has 1 aromatic rings. The van der Waals surface area contributed by atoms with Crippen LogP contribution in [-0.4, -0.2) is 112 Å². The molecule has 0 bridgehead atoms. The molecule has 37 heavy (non-hydrogen) atoms. The maximum absolute atomic E-state index is 11.4. The molecule has 3 heterocycles. The lowest BCUT2D eigenvalue weighted by Crippen LogP contribution is -2.66. The van der Waals surface area contributed by atoms with E-state index in [0.29, 0.717) is 16.3 Å². The third kappa shape index (κ3) is 6.41. The van der Waals surface area contributed by atoms with Crippen LogP contribution in [-0.2, 0) is 39.8 Å². The first-order valence-electron chi connectivity index (χ1n) is 11.8. The first kappa shape index (κ1) is 28.5. The molecule has 1 aromatic carbocycles. The number of ether oxygens (including phenoxy) is 6. The van der Waals surface area contributed by atoms with Gasteiger partial charge in [-0.2, -0.15) is 0 Å². The van der Waals surface area contributed by atoms with E-state index in [4.69, 9.17) is 40.0 Å². The number of hydrogen-bond acceptors (Lipinski definition) is 12. The molecule has 6 N–H and O–H groups in total. The Balaban J connectivity index is 1.39. The van der Waals surface area contributed by atoms with E-state index in [-0.39, 0.29) is 19.1 Å². The number of carbonyl (C=O) groups is 1. The molecule has 13 nitrogen and oxygen atoms in total. The zero-order chi connectivity index (χ0) is 26.9. The number of hydrogen-bond donors (Lipinski definition) is 6. The molecule has 0 spiro atoms. The predicted octanol–water partition coefficient (Wildman–Crippen LogP) is -1.15. The number of benzene rings is 1. The maximum atomic E-state index is 11.4. The van der Waals surface area contributed by atoms with Gasteiger partial charge in [0.2, 0.25) is 5.91 Å². The lowest BCUT2D eigenvalue weighted by Gasteiger charge is -2.48. The van der Waals surface area contributed by atoms with Gasteiger partial charge in [-0.25, -0.2) is 0 Å². The minimum atomic E-state index is -1.61. The van der Waals surface area contributed by atoms with Crippen molar-refractivity contribution < 1.29 is 58.7 Å². The van der Waals surface area contributed by atoms with Gasteiger partial charge in [0.15, 0.2) is 18.9 Å². The second-order valence-corrected chi connectivity index (χ2v) is 9.55. The van der Waals surface area contributed by atoms with Crippen molar-refractivity contribution in [2.24, 2.45) is 0 Å². The summed E-state index contributed by atoms with van der Waals surface area (Å²) >= 11 is 6.08. The minimum absolute atomic E-state index is 0.0789. The lowest BCUT2D eigenvalue weighted by molar-refractivity contribution is -0.383. The van der Waals surface area contributed by atoms with Crippen LogP contribution in [0.2, 0.25) is 5.02 Å².